The third kappa shape index (κ3) is 5.62. The van der Waals surface area contributed by atoms with Crippen LogP contribution in [0, 0.1) is 6.92 Å². The molecular formula is C30H24F3N3O3. The number of nitrogens with one attached hydrogen (secondary N) is 2. The highest BCUT2D eigenvalue weighted by molar-refractivity contribution is 6.09. The topological polar surface area (TPSA) is 83.7 Å². The first-order valence-corrected chi connectivity index (χ1v) is 12.3. The Hall–Kier alpha value is -4.66. The molecule has 4 aromatic rings. The maximum absolute atomic E-state index is 13.0. The fraction of sp³-hybridized carbons (Fsp3) is 0.167. The van der Waals surface area contributed by atoms with Crippen LogP contribution in [0.4, 0.5) is 18.9 Å². The second-order valence-electron chi connectivity index (χ2n) is 9.18. The number of alkyl halides is 3. The molecule has 0 fully saturated rings. The number of hydrazone groups is 1. The maximum Gasteiger partial charge on any atom is 0.416 e. The molecule has 1 aromatic heterocycles. The SMILES string of the molecule is Cc1c(C(=O)Nc2cccc(C(F)(F)F)c2)oc2c1/C(=N/NC(=O)c1ccc(-c3ccccc3)cc1)CCC2. The Balaban J connectivity index is 1.32. The second kappa shape index (κ2) is 10.6. The van der Waals surface area contributed by atoms with Crippen molar-refractivity contribution < 1.29 is 27.2 Å². The Labute approximate surface area is 222 Å². The van der Waals surface area contributed by atoms with Crippen molar-refractivity contribution >= 4 is 23.2 Å². The van der Waals surface area contributed by atoms with Crippen molar-refractivity contribution in [1.82, 2.24) is 5.43 Å². The molecule has 198 valence electrons. The van der Waals surface area contributed by atoms with Crippen LogP contribution in [0.25, 0.3) is 11.1 Å². The molecule has 0 atom stereocenters. The van der Waals surface area contributed by atoms with Crippen LogP contribution in [0.5, 0.6) is 0 Å². The number of hydrogen-bond acceptors (Lipinski definition) is 4. The molecule has 3 aromatic carbocycles. The smallest absolute Gasteiger partial charge is 0.416 e. The molecule has 9 heteroatoms. The molecule has 1 aliphatic carbocycles. The summed E-state index contributed by atoms with van der Waals surface area (Å²) in [4.78, 5) is 25.7. The molecule has 0 spiro atoms. The minimum absolute atomic E-state index is 0.00281. The average Bonchev–Trinajstić information content (AvgIpc) is 3.29. The summed E-state index contributed by atoms with van der Waals surface area (Å²) in [5, 5.41) is 6.82. The van der Waals surface area contributed by atoms with Crippen LogP contribution in [0.3, 0.4) is 0 Å². The molecule has 39 heavy (non-hydrogen) atoms. The minimum atomic E-state index is -4.53. The first kappa shape index (κ1) is 26.0. The molecule has 5 rings (SSSR count). The fourth-order valence-corrected chi connectivity index (χ4v) is 4.59. The number of rotatable bonds is 5. The van der Waals surface area contributed by atoms with Crippen molar-refractivity contribution in [3.8, 4) is 11.1 Å². The first-order chi connectivity index (χ1) is 18.7. The number of carbonyl (C=O) groups is 2. The van der Waals surface area contributed by atoms with Gasteiger partial charge in [0, 0.05) is 28.8 Å². The van der Waals surface area contributed by atoms with Crippen molar-refractivity contribution in [3.05, 3.63) is 113 Å². The lowest BCUT2D eigenvalue weighted by Crippen LogP contribution is -2.22. The van der Waals surface area contributed by atoms with Gasteiger partial charge in [0.05, 0.1) is 11.3 Å². The first-order valence-electron chi connectivity index (χ1n) is 12.3. The summed E-state index contributed by atoms with van der Waals surface area (Å²) in [7, 11) is 0. The molecule has 0 radical (unpaired) electrons. The number of furan rings is 1. The highest BCUT2D eigenvalue weighted by Crippen LogP contribution is 2.32. The summed E-state index contributed by atoms with van der Waals surface area (Å²) in [6.07, 6.45) is -2.69. The van der Waals surface area contributed by atoms with Crippen molar-refractivity contribution in [2.24, 2.45) is 5.10 Å². The number of aryl methyl sites for hydroxylation is 1. The third-order valence-electron chi connectivity index (χ3n) is 6.53. The van der Waals surface area contributed by atoms with Gasteiger partial charge in [-0.1, -0.05) is 48.5 Å². The molecule has 2 N–H and O–H groups in total. The third-order valence-corrected chi connectivity index (χ3v) is 6.53. The molecular weight excluding hydrogens is 507 g/mol. The van der Waals surface area contributed by atoms with Gasteiger partial charge in [0.25, 0.3) is 11.8 Å². The lowest BCUT2D eigenvalue weighted by atomic mass is 9.93. The summed E-state index contributed by atoms with van der Waals surface area (Å²) >= 11 is 0. The molecule has 0 saturated heterocycles. The van der Waals surface area contributed by atoms with E-state index in [-0.39, 0.29) is 17.4 Å². The average molecular weight is 532 g/mol. The van der Waals surface area contributed by atoms with Crippen LogP contribution in [-0.2, 0) is 12.6 Å². The Bertz CT molecular complexity index is 1560. The van der Waals surface area contributed by atoms with Gasteiger partial charge in [0.2, 0.25) is 0 Å². The van der Waals surface area contributed by atoms with E-state index < -0.39 is 17.6 Å². The number of nitrogens with zero attached hydrogens (tertiary/aromatic N) is 1. The van der Waals surface area contributed by atoms with Crippen LogP contribution in [0.2, 0.25) is 0 Å². The zero-order valence-electron chi connectivity index (χ0n) is 20.9. The number of hydrogen-bond donors (Lipinski definition) is 2. The van der Waals surface area contributed by atoms with Crippen LogP contribution >= 0.6 is 0 Å². The highest BCUT2D eigenvalue weighted by atomic mass is 19.4. The Morgan fingerprint density at radius 1 is 0.872 bits per heavy atom. The quantitative estimate of drug-likeness (QED) is 0.272. The highest BCUT2D eigenvalue weighted by Gasteiger charge is 2.31. The molecule has 0 bridgehead atoms. The van der Waals surface area contributed by atoms with E-state index in [2.05, 4.69) is 15.8 Å². The van der Waals surface area contributed by atoms with Crippen LogP contribution in [0.15, 0.2) is 88.4 Å². The van der Waals surface area contributed by atoms with Gasteiger partial charge in [-0.2, -0.15) is 18.3 Å². The largest absolute Gasteiger partial charge is 0.455 e. The molecule has 0 aliphatic heterocycles. The van der Waals surface area contributed by atoms with Gasteiger partial charge in [-0.15, -0.1) is 0 Å². The van der Waals surface area contributed by atoms with E-state index in [1.54, 1.807) is 19.1 Å². The number of fused-ring (bicyclic) bond motifs is 1. The minimum Gasteiger partial charge on any atom is -0.455 e. The van der Waals surface area contributed by atoms with Crippen LogP contribution in [0.1, 0.15) is 56.2 Å². The molecule has 0 unspecified atom stereocenters. The second-order valence-corrected chi connectivity index (χ2v) is 9.18. The zero-order valence-corrected chi connectivity index (χ0v) is 20.9. The van der Waals surface area contributed by atoms with Gasteiger partial charge in [-0.3, -0.25) is 9.59 Å². The summed E-state index contributed by atoms with van der Waals surface area (Å²) < 4.78 is 44.9. The van der Waals surface area contributed by atoms with Gasteiger partial charge in [-0.25, -0.2) is 5.43 Å². The monoisotopic (exact) mass is 531 g/mol. The number of carbonyl (C=O) groups excluding carboxylic acids is 2. The number of benzene rings is 3. The maximum atomic E-state index is 13.0. The van der Waals surface area contributed by atoms with Gasteiger partial charge < -0.3 is 9.73 Å². The molecule has 0 saturated carbocycles. The van der Waals surface area contributed by atoms with Crippen molar-refractivity contribution in [2.45, 2.75) is 32.4 Å². The van der Waals surface area contributed by atoms with Crippen LogP contribution < -0.4 is 10.7 Å². The molecule has 2 amide bonds. The standard InChI is InChI=1S/C30H24F3N3O3/c1-18-26-24(35-36-28(37)21-15-13-20(14-16-21)19-7-3-2-4-8-19)11-6-12-25(26)39-27(18)29(38)34-23-10-5-9-22(17-23)30(31,32)33/h2-5,7-10,13-17H,6,11-12H2,1H3,(H,34,38)(H,36,37)/b35-24+. The molecule has 1 heterocycles. The van der Waals surface area contributed by atoms with Crippen LogP contribution in [-0.4, -0.2) is 17.5 Å². The predicted octanol–water partition coefficient (Wildman–Crippen LogP) is 7.00. The van der Waals surface area contributed by atoms with Crippen molar-refractivity contribution in [3.63, 3.8) is 0 Å². The van der Waals surface area contributed by atoms with E-state index in [0.717, 1.165) is 23.3 Å². The lowest BCUT2D eigenvalue weighted by molar-refractivity contribution is -0.137. The molecule has 1 aliphatic rings. The summed E-state index contributed by atoms with van der Waals surface area (Å²) in [6, 6.07) is 21.4. The van der Waals surface area contributed by atoms with Crippen molar-refractivity contribution in [2.75, 3.05) is 5.32 Å². The Kier molecular flexibility index (Phi) is 7.06. The summed E-state index contributed by atoms with van der Waals surface area (Å²) in [5.41, 5.74) is 5.92. The predicted molar refractivity (Wildman–Crippen MR) is 142 cm³/mol. The van der Waals surface area contributed by atoms with E-state index in [4.69, 9.17) is 4.42 Å². The van der Waals surface area contributed by atoms with Gasteiger partial charge in [0.1, 0.15) is 5.76 Å². The lowest BCUT2D eigenvalue weighted by Gasteiger charge is -2.13. The number of amides is 2. The van der Waals surface area contributed by atoms with E-state index in [1.165, 1.54) is 12.1 Å². The zero-order chi connectivity index (χ0) is 27.6. The number of halogens is 3. The van der Waals surface area contributed by atoms with Gasteiger partial charge >= 0.3 is 6.18 Å². The Morgan fingerprint density at radius 2 is 1.59 bits per heavy atom. The Morgan fingerprint density at radius 3 is 2.31 bits per heavy atom. The van der Waals surface area contributed by atoms with Gasteiger partial charge in [0.15, 0.2) is 5.76 Å². The van der Waals surface area contributed by atoms with Gasteiger partial charge in [-0.05, 0) is 61.2 Å². The van der Waals surface area contributed by atoms with Crippen molar-refractivity contribution in [1.29, 1.82) is 0 Å². The van der Waals surface area contributed by atoms with E-state index in [9.17, 15) is 22.8 Å². The summed E-state index contributed by atoms with van der Waals surface area (Å²) in [6.45, 7) is 1.69. The van der Waals surface area contributed by atoms with E-state index >= 15 is 0 Å². The summed E-state index contributed by atoms with van der Waals surface area (Å²) in [5.74, 6) is -0.496. The van der Waals surface area contributed by atoms with E-state index in [1.807, 2.05) is 42.5 Å². The number of anilines is 1. The fourth-order valence-electron chi connectivity index (χ4n) is 4.59. The molecule has 6 nitrogen and oxygen atoms in total. The van der Waals surface area contributed by atoms with E-state index in [0.29, 0.717) is 47.4 Å². The normalized spacial score (nSPS) is 14.1.